The Hall–Kier alpha value is -3.56. The number of carbonyl (C=O) groups excluding carboxylic acids is 2. The smallest absolute Gasteiger partial charge is 0.263 e. The first-order valence-electron chi connectivity index (χ1n) is 9.62. The fraction of sp³-hybridized carbons (Fsp3) is 0.250. The maximum absolute atomic E-state index is 12.1. The second kappa shape index (κ2) is 10.8. The summed E-state index contributed by atoms with van der Waals surface area (Å²) in [6, 6.07) is 15.2. The number of benzene rings is 2. The summed E-state index contributed by atoms with van der Waals surface area (Å²) in [5.41, 5.74) is 4.27. The highest BCUT2D eigenvalue weighted by Crippen LogP contribution is 2.20. The van der Waals surface area contributed by atoms with Crippen molar-refractivity contribution >= 4 is 18.0 Å². The summed E-state index contributed by atoms with van der Waals surface area (Å²) in [7, 11) is 3.27. The number of amides is 2. The van der Waals surface area contributed by atoms with Crippen LogP contribution in [0.5, 0.6) is 0 Å². The molecule has 0 radical (unpaired) electrons. The molecule has 3 N–H and O–H groups in total. The number of hydrogen-bond acceptors (Lipinski definition) is 4. The zero-order valence-corrected chi connectivity index (χ0v) is 17.6. The number of nitrogens with one attached hydrogen (secondary N) is 2. The van der Waals surface area contributed by atoms with Crippen molar-refractivity contribution in [2.75, 3.05) is 14.1 Å². The lowest BCUT2D eigenvalue weighted by atomic mass is 10.1. The van der Waals surface area contributed by atoms with E-state index < -0.39 is 12.3 Å². The predicted octanol–water partition coefficient (Wildman–Crippen LogP) is 2.25. The summed E-state index contributed by atoms with van der Waals surface area (Å²) >= 11 is 0. The van der Waals surface area contributed by atoms with Gasteiger partial charge in [0.1, 0.15) is 0 Å². The van der Waals surface area contributed by atoms with Crippen LogP contribution in [0.1, 0.15) is 42.2 Å². The maximum atomic E-state index is 12.1. The normalized spacial score (nSPS) is 12.8. The second-order valence-corrected chi connectivity index (χ2v) is 6.71. The second-order valence-electron chi connectivity index (χ2n) is 6.71. The van der Waals surface area contributed by atoms with E-state index in [4.69, 9.17) is 0 Å². The van der Waals surface area contributed by atoms with Crippen LogP contribution in [0, 0.1) is 11.8 Å². The Morgan fingerprint density at radius 2 is 1.60 bits per heavy atom. The molecule has 0 heterocycles. The molecule has 0 saturated heterocycles. The van der Waals surface area contributed by atoms with Gasteiger partial charge in [-0.2, -0.15) is 0 Å². The van der Waals surface area contributed by atoms with Gasteiger partial charge in [-0.1, -0.05) is 42.2 Å². The van der Waals surface area contributed by atoms with Gasteiger partial charge in [0.15, 0.2) is 6.17 Å². The minimum atomic E-state index is -0.817. The van der Waals surface area contributed by atoms with Crippen molar-refractivity contribution in [2.24, 2.45) is 0 Å². The van der Waals surface area contributed by atoms with Crippen LogP contribution in [0.4, 0.5) is 0 Å². The van der Waals surface area contributed by atoms with Gasteiger partial charge in [0.25, 0.3) is 5.91 Å². The Morgan fingerprint density at radius 1 is 1.07 bits per heavy atom. The molecule has 2 aromatic rings. The van der Waals surface area contributed by atoms with E-state index in [0.717, 1.165) is 28.0 Å². The lowest BCUT2D eigenvalue weighted by Crippen LogP contribution is -2.51. The van der Waals surface area contributed by atoms with Gasteiger partial charge in [0.05, 0.1) is 6.10 Å². The largest absolute Gasteiger partial charge is 0.389 e. The number of allylic oxidation sites excluding steroid dienone is 1. The summed E-state index contributed by atoms with van der Waals surface area (Å²) in [6.45, 7) is 3.60. The minimum absolute atomic E-state index is 0.312. The molecular weight excluding hydrogens is 378 g/mol. The van der Waals surface area contributed by atoms with E-state index in [2.05, 4.69) is 22.5 Å². The maximum Gasteiger partial charge on any atom is 0.263 e. The van der Waals surface area contributed by atoms with Crippen molar-refractivity contribution < 1.29 is 14.7 Å². The Balaban J connectivity index is 2.19. The molecule has 0 aliphatic rings. The van der Waals surface area contributed by atoms with Gasteiger partial charge in [-0.25, -0.2) is 0 Å². The van der Waals surface area contributed by atoms with Crippen LogP contribution in [0.2, 0.25) is 0 Å². The molecule has 6 heteroatoms. The van der Waals surface area contributed by atoms with E-state index in [1.54, 1.807) is 18.9 Å². The summed E-state index contributed by atoms with van der Waals surface area (Å²) in [4.78, 5) is 24.7. The number of carbonyl (C=O) groups is 2. The molecule has 30 heavy (non-hydrogen) atoms. The van der Waals surface area contributed by atoms with E-state index in [1.165, 1.54) is 7.05 Å². The van der Waals surface area contributed by atoms with Gasteiger partial charge >= 0.3 is 0 Å². The lowest BCUT2D eigenvalue weighted by molar-refractivity contribution is -0.128. The molecule has 0 aliphatic carbocycles. The van der Waals surface area contributed by atoms with E-state index in [-0.39, 0.29) is 5.91 Å². The highest BCUT2D eigenvalue weighted by molar-refractivity contribution is 5.85. The Bertz CT molecular complexity index is 952. The average Bonchev–Trinajstić information content (AvgIpc) is 2.77. The Kier molecular flexibility index (Phi) is 8.21. The molecule has 156 valence electrons. The molecule has 2 rings (SSSR count). The monoisotopic (exact) mass is 405 g/mol. The zero-order chi connectivity index (χ0) is 22.1. The van der Waals surface area contributed by atoms with Crippen molar-refractivity contribution in [1.82, 2.24) is 15.5 Å². The topological polar surface area (TPSA) is 81.7 Å². The average molecular weight is 405 g/mol. The quantitative estimate of drug-likeness (QED) is 0.375. The van der Waals surface area contributed by atoms with Gasteiger partial charge in [-0.05, 0) is 49.2 Å². The first-order chi connectivity index (χ1) is 14.4. The van der Waals surface area contributed by atoms with Crippen LogP contribution >= 0.6 is 0 Å². The van der Waals surface area contributed by atoms with Crippen molar-refractivity contribution in [3.63, 3.8) is 0 Å². The lowest BCUT2D eigenvalue weighted by Gasteiger charge is -2.30. The van der Waals surface area contributed by atoms with Crippen LogP contribution in [0.15, 0.2) is 54.6 Å². The van der Waals surface area contributed by atoms with Gasteiger partial charge < -0.3 is 20.6 Å². The standard InChI is InChI=1S/C24H27N3O3/c1-5-22(27(4)23(26-16-28)24(30)25-3)21-14-10-19(11-15-21)7-6-18-8-12-20(13-9-18)17(2)29/h5,8-17,23,29H,1-4H3,(H,25,30)(H,26,28)/b22-5+. The van der Waals surface area contributed by atoms with Gasteiger partial charge in [0.2, 0.25) is 6.41 Å². The summed E-state index contributed by atoms with van der Waals surface area (Å²) in [6.07, 6.45) is 1.08. The SMILES string of the molecule is C/C=C(\c1ccc(C#Cc2ccc(C(C)O)cc2)cc1)N(C)C(NC=O)C(=O)NC. The zero-order valence-electron chi connectivity index (χ0n) is 17.6. The summed E-state index contributed by atoms with van der Waals surface area (Å²) in [5.74, 6) is 5.92. The van der Waals surface area contributed by atoms with E-state index in [9.17, 15) is 14.7 Å². The fourth-order valence-electron chi connectivity index (χ4n) is 2.99. The van der Waals surface area contributed by atoms with Crippen molar-refractivity contribution in [2.45, 2.75) is 26.1 Å². The number of aliphatic hydroxyl groups excluding tert-OH is 1. The fourth-order valence-corrected chi connectivity index (χ4v) is 2.99. The molecule has 0 spiro atoms. The molecule has 0 aliphatic heterocycles. The van der Waals surface area contributed by atoms with Gasteiger partial charge in [0, 0.05) is 30.9 Å². The summed E-state index contributed by atoms with van der Waals surface area (Å²) < 4.78 is 0. The van der Waals surface area contributed by atoms with E-state index >= 15 is 0 Å². The van der Waals surface area contributed by atoms with E-state index in [1.807, 2.05) is 61.5 Å². The molecule has 0 bridgehead atoms. The molecule has 2 amide bonds. The number of nitrogens with zero attached hydrogens (tertiary/aromatic N) is 1. The first kappa shape index (κ1) is 22.7. The molecular formula is C24H27N3O3. The third-order valence-corrected chi connectivity index (χ3v) is 4.69. The van der Waals surface area contributed by atoms with Crippen LogP contribution in [-0.4, -0.2) is 42.6 Å². The van der Waals surface area contributed by atoms with Crippen molar-refractivity contribution in [3.05, 3.63) is 76.9 Å². The first-order valence-corrected chi connectivity index (χ1v) is 9.62. The summed E-state index contributed by atoms with van der Waals surface area (Å²) in [5, 5.41) is 14.7. The van der Waals surface area contributed by atoms with Crippen LogP contribution in [0.3, 0.4) is 0 Å². The number of hydrogen-bond donors (Lipinski definition) is 3. The molecule has 2 aromatic carbocycles. The third-order valence-electron chi connectivity index (χ3n) is 4.69. The van der Waals surface area contributed by atoms with E-state index in [0.29, 0.717) is 6.41 Å². The predicted molar refractivity (Wildman–Crippen MR) is 118 cm³/mol. The van der Waals surface area contributed by atoms with Crippen molar-refractivity contribution in [1.29, 1.82) is 0 Å². The highest BCUT2D eigenvalue weighted by Gasteiger charge is 2.23. The van der Waals surface area contributed by atoms with Gasteiger partial charge in [-0.15, -0.1) is 0 Å². The molecule has 0 aromatic heterocycles. The van der Waals surface area contributed by atoms with Crippen LogP contribution in [-0.2, 0) is 9.59 Å². The number of aliphatic hydroxyl groups is 1. The number of likely N-dealkylation sites (N-methyl/N-ethyl adjacent to an activating group) is 2. The molecule has 6 nitrogen and oxygen atoms in total. The molecule has 0 saturated carbocycles. The van der Waals surface area contributed by atoms with Crippen molar-refractivity contribution in [3.8, 4) is 11.8 Å². The molecule has 2 atom stereocenters. The van der Waals surface area contributed by atoms with Gasteiger partial charge in [-0.3, -0.25) is 9.59 Å². The highest BCUT2D eigenvalue weighted by atomic mass is 16.3. The third kappa shape index (κ3) is 5.72. The van der Waals surface area contributed by atoms with Crippen LogP contribution in [0.25, 0.3) is 5.70 Å². The molecule has 0 fully saturated rings. The molecule has 2 unspecified atom stereocenters. The Morgan fingerprint density at radius 3 is 2.03 bits per heavy atom. The van der Waals surface area contributed by atoms with Crippen LogP contribution < -0.4 is 10.6 Å². The number of rotatable bonds is 7. The minimum Gasteiger partial charge on any atom is -0.389 e. The Labute approximate surface area is 177 Å².